The minimum atomic E-state index is -3.63. The zero-order valence-electron chi connectivity index (χ0n) is 16.3. The van der Waals surface area contributed by atoms with Crippen LogP contribution in [-0.4, -0.2) is 31.7 Å². The van der Waals surface area contributed by atoms with Crippen molar-refractivity contribution in [1.29, 1.82) is 0 Å². The van der Waals surface area contributed by atoms with Crippen LogP contribution in [0.5, 0.6) is 0 Å². The minimum absolute atomic E-state index is 0.180. The topological polar surface area (TPSA) is 66.5 Å². The number of carbonyl (C=O) groups is 1. The Morgan fingerprint density at radius 2 is 1.82 bits per heavy atom. The summed E-state index contributed by atoms with van der Waals surface area (Å²) in [7, 11) is -3.63. The molecule has 1 aliphatic heterocycles. The first-order valence-corrected chi connectivity index (χ1v) is 11.1. The lowest BCUT2D eigenvalue weighted by Crippen LogP contribution is -2.43. The number of piperidine rings is 1. The lowest BCUT2D eigenvalue weighted by molar-refractivity contribution is -0.120. The van der Waals surface area contributed by atoms with E-state index in [9.17, 15) is 13.2 Å². The van der Waals surface area contributed by atoms with E-state index in [0.29, 0.717) is 40.6 Å². The summed E-state index contributed by atoms with van der Waals surface area (Å²) in [5, 5.41) is 3.45. The van der Waals surface area contributed by atoms with Crippen LogP contribution in [0.1, 0.15) is 29.5 Å². The average Bonchev–Trinajstić information content (AvgIpc) is 2.66. The molecule has 0 radical (unpaired) electrons. The van der Waals surface area contributed by atoms with Gasteiger partial charge in [0.25, 0.3) is 0 Å². The highest BCUT2D eigenvalue weighted by Gasteiger charge is 2.34. The van der Waals surface area contributed by atoms with E-state index >= 15 is 0 Å². The van der Waals surface area contributed by atoms with Crippen molar-refractivity contribution in [2.24, 2.45) is 5.92 Å². The third-order valence-electron chi connectivity index (χ3n) is 5.16. The Morgan fingerprint density at radius 3 is 2.54 bits per heavy atom. The first kappa shape index (κ1) is 20.8. The molecule has 0 saturated carbocycles. The first-order valence-electron chi connectivity index (χ1n) is 9.33. The van der Waals surface area contributed by atoms with E-state index < -0.39 is 15.9 Å². The van der Waals surface area contributed by atoms with Crippen LogP contribution >= 0.6 is 11.6 Å². The predicted octanol–water partition coefficient (Wildman–Crippen LogP) is 4.30. The quantitative estimate of drug-likeness (QED) is 0.801. The van der Waals surface area contributed by atoms with Crippen LogP contribution in [0.2, 0.25) is 5.02 Å². The smallest absolute Gasteiger partial charge is 0.243 e. The number of nitrogens with zero attached hydrogens (tertiary/aromatic N) is 1. The van der Waals surface area contributed by atoms with Crippen LogP contribution in [0, 0.1) is 26.7 Å². The van der Waals surface area contributed by atoms with Gasteiger partial charge in [-0.15, -0.1) is 0 Å². The number of aryl methyl sites for hydroxylation is 3. The Balaban J connectivity index is 1.76. The maximum absolute atomic E-state index is 13.1. The molecule has 1 N–H and O–H groups in total. The van der Waals surface area contributed by atoms with E-state index in [1.54, 1.807) is 25.1 Å². The number of hydrogen-bond donors (Lipinski definition) is 1. The van der Waals surface area contributed by atoms with Gasteiger partial charge >= 0.3 is 0 Å². The minimum Gasteiger partial charge on any atom is -0.326 e. The van der Waals surface area contributed by atoms with Gasteiger partial charge in [0, 0.05) is 23.8 Å². The van der Waals surface area contributed by atoms with Gasteiger partial charge in [0.2, 0.25) is 15.9 Å². The highest BCUT2D eigenvalue weighted by atomic mass is 35.5. The molecule has 150 valence electrons. The molecule has 1 unspecified atom stereocenters. The van der Waals surface area contributed by atoms with Crippen molar-refractivity contribution in [3.05, 3.63) is 58.1 Å². The largest absolute Gasteiger partial charge is 0.326 e. The molecule has 0 bridgehead atoms. The number of nitrogens with one attached hydrogen (secondary N) is 1. The van der Waals surface area contributed by atoms with Crippen LogP contribution in [0.25, 0.3) is 0 Å². The highest BCUT2D eigenvalue weighted by Crippen LogP contribution is 2.27. The van der Waals surface area contributed by atoms with Crippen molar-refractivity contribution in [3.63, 3.8) is 0 Å². The van der Waals surface area contributed by atoms with Gasteiger partial charge in [0.1, 0.15) is 0 Å². The Hall–Kier alpha value is -1.89. The molecule has 5 nitrogen and oxygen atoms in total. The molecule has 1 heterocycles. The normalized spacial score (nSPS) is 18.1. The fourth-order valence-electron chi connectivity index (χ4n) is 3.41. The third-order valence-corrected chi connectivity index (χ3v) is 7.57. The summed E-state index contributed by atoms with van der Waals surface area (Å²) in [6.07, 6.45) is 1.31. The van der Waals surface area contributed by atoms with Gasteiger partial charge in [-0.05, 0) is 68.5 Å². The maximum atomic E-state index is 13.1. The molecule has 0 aliphatic carbocycles. The third kappa shape index (κ3) is 4.40. The number of rotatable bonds is 4. The number of carbonyl (C=O) groups excluding carboxylic acids is 1. The van der Waals surface area contributed by atoms with E-state index in [1.807, 2.05) is 32.0 Å². The summed E-state index contributed by atoms with van der Waals surface area (Å²) in [5.74, 6) is -0.575. The van der Waals surface area contributed by atoms with Gasteiger partial charge in [-0.1, -0.05) is 29.8 Å². The molecule has 0 spiro atoms. The molecule has 2 aromatic carbocycles. The van der Waals surface area contributed by atoms with Crippen molar-refractivity contribution in [2.75, 3.05) is 18.4 Å². The number of halogens is 1. The summed E-state index contributed by atoms with van der Waals surface area (Å²) in [4.78, 5) is 13.0. The second kappa shape index (κ2) is 8.23. The summed E-state index contributed by atoms with van der Waals surface area (Å²) >= 11 is 6.12. The fourth-order valence-corrected chi connectivity index (χ4v) is 5.43. The molecule has 1 fully saturated rings. The Kier molecular flexibility index (Phi) is 6.12. The SMILES string of the molecule is Cc1ccc(C)c(S(=O)(=O)N2CCCC(C(=O)Nc3ccc(C)c(Cl)c3)C2)c1. The molecule has 28 heavy (non-hydrogen) atoms. The molecule has 2 aromatic rings. The number of sulfonamides is 1. The molecular formula is C21H25ClN2O3S. The molecule has 7 heteroatoms. The second-order valence-electron chi connectivity index (χ2n) is 7.42. The molecule has 1 amide bonds. The van der Waals surface area contributed by atoms with E-state index in [0.717, 1.165) is 11.1 Å². The van der Waals surface area contributed by atoms with Gasteiger partial charge in [0.15, 0.2) is 0 Å². The summed E-state index contributed by atoms with van der Waals surface area (Å²) < 4.78 is 27.7. The van der Waals surface area contributed by atoms with Gasteiger partial charge in [-0.3, -0.25) is 4.79 Å². The number of anilines is 1. The highest BCUT2D eigenvalue weighted by molar-refractivity contribution is 7.89. The van der Waals surface area contributed by atoms with E-state index in [2.05, 4.69) is 5.32 Å². The monoisotopic (exact) mass is 420 g/mol. The lowest BCUT2D eigenvalue weighted by Gasteiger charge is -2.31. The van der Waals surface area contributed by atoms with Gasteiger partial charge in [-0.2, -0.15) is 4.31 Å². The Bertz CT molecular complexity index is 1000. The fraction of sp³-hybridized carbons (Fsp3) is 0.381. The lowest BCUT2D eigenvalue weighted by atomic mass is 9.98. The second-order valence-corrected chi connectivity index (χ2v) is 9.74. The molecule has 3 rings (SSSR count). The van der Waals surface area contributed by atoms with Crippen molar-refractivity contribution in [3.8, 4) is 0 Å². The average molecular weight is 421 g/mol. The molecule has 0 aromatic heterocycles. The van der Waals surface area contributed by atoms with Crippen LogP contribution < -0.4 is 5.32 Å². The van der Waals surface area contributed by atoms with E-state index in [4.69, 9.17) is 11.6 Å². The van der Waals surface area contributed by atoms with Crippen molar-refractivity contribution < 1.29 is 13.2 Å². The molecule has 1 saturated heterocycles. The van der Waals surface area contributed by atoms with Gasteiger partial charge in [-0.25, -0.2) is 8.42 Å². The number of amides is 1. The van der Waals surface area contributed by atoms with Crippen LogP contribution in [0.15, 0.2) is 41.3 Å². The van der Waals surface area contributed by atoms with Crippen LogP contribution in [0.3, 0.4) is 0 Å². The van der Waals surface area contributed by atoms with Crippen molar-refractivity contribution in [2.45, 2.75) is 38.5 Å². The zero-order valence-corrected chi connectivity index (χ0v) is 17.9. The van der Waals surface area contributed by atoms with Crippen LogP contribution in [0.4, 0.5) is 5.69 Å². The maximum Gasteiger partial charge on any atom is 0.243 e. The standard InChI is InChI=1S/C21H25ClN2O3S/c1-14-6-7-16(3)20(11-14)28(26,27)24-10-4-5-17(13-24)21(25)23-18-9-8-15(2)19(22)12-18/h6-9,11-12,17H,4-5,10,13H2,1-3H3,(H,23,25). The number of hydrogen-bond acceptors (Lipinski definition) is 3. The summed E-state index contributed by atoms with van der Waals surface area (Å²) in [5.41, 5.74) is 3.16. The predicted molar refractivity (Wildman–Crippen MR) is 112 cm³/mol. The Morgan fingerprint density at radius 1 is 1.11 bits per heavy atom. The molecule has 1 aliphatic rings. The van der Waals surface area contributed by atoms with E-state index in [-0.39, 0.29) is 12.5 Å². The van der Waals surface area contributed by atoms with Crippen LogP contribution in [-0.2, 0) is 14.8 Å². The summed E-state index contributed by atoms with van der Waals surface area (Å²) in [6, 6.07) is 10.8. The molecular weight excluding hydrogens is 396 g/mol. The van der Waals surface area contributed by atoms with Gasteiger partial charge < -0.3 is 5.32 Å². The Labute approximate surface area is 171 Å². The first-order chi connectivity index (χ1) is 13.2. The summed E-state index contributed by atoms with van der Waals surface area (Å²) in [6.45, 7) is 6.17. The van der Waals surface area contributed by atoms with Crippen molar-refractivity contribution in [1.82, 2.24) is 4.31 Å². The van der Waals surface area contributed by atoms with Gasteiger partial charge in [0.05, 0.1) is 10.8 Å². The van der Waals surface area contributed by atoms with Crippen molar-refractivity contribution >= 4 is 33.2 Å². The molecule has 1 atom stereocenters. The zero-order chi connectivity index (χ0) is 20.5. The van der Waals surface area contributed by atoms with E-state index in [1.165, 1.54) is 4.31 Å². The number of benzene rings is 2.